The van der Waals surface area contributed by atoms with E-state index in [0.717, 1.165) is 23.2 Å². The van der Waals surface area contributed by atoms with Crippen LogP contribution in [0.1, 0.15) is 21.5 Å². The van der Waals surface area contributed by atoms with Gasteiger partial charge in [-0.15, -0.1) is 0 Å². The van der Waals surface area contributed by atoms with E-state index in [0.29, 0.717) is 6.54 Å². The third-order valence-electron chi connectivity index (χ3n) is 3.11. The van der Waals surface area contributed by atoms with E-state index in [2.05, 4.69) is 6.08 Å². The summed E-state index contributed by atoms with van der Waals surface area (Å²) in [5, 5.41) is 0. The summed E-state index contributed by atoms with van der Waals surface area (Å²) in [6.07, 6.45) is 8.16. The highest BCUT2D eigenvalue weighted by molar-refractivity contribution is 5.99. The van der Waals surface area contributed by atoms with Crippen molar-refractivity contribution in [3.8, 4) is 0 Å². The van der Waals surface area contributed by atoms with Crippen LogP contribution in [0.3, 0.4) is 0 Å². The maximum atomic E-state index is 12.3. The molecule has 1 aromatic carbocycles. The molecule has 0 aliphatic carbocycles. The fraction of sp³-hybridized carbons (Fsp3) is 0.267. The van der Waals surface area contributed by atoms with Crippen LogP contribution >= 0.6 is 0 Å². The molecule has 0 amide bonds. The Morgan fingerprint density at radius 3 is 2.53 bits per heavy atom. The lowest BCUT2D eigenvalue weighted by molar-refractivity contribution is -0.831. The Balaban J connectivity index is 2.15. The highest BCUT2D eigenvalue weighted by Gasteiger charge is 2.17. The molecule has 1 aromatic rings. The molecule has 1 atom stereocenters. The zero-order valence-electron chi connectivity index (χ0n) is 10.4. The second-order valence-corrected chi connectivity index (χ2v) is 4.52. The van der Waals surface area contributed by atoms with Gasteiger partial charge in [0.2, 0.25) is 5.78 Å². The van der Waals surface area contributed by atoms with Gasteiger partial charge in [0.25, 0.3) is 0 Å². The first kappa shape index (κ1) is 11.8. The smallest absolute Gasteiger partial charge is 0.217 e. The molecule has 0 saturated heterocycles. The zero-order chi connectivity index (χ0) is 12.3. The number of quaternary nitrogens is 1. The van der Waals surface area contributed by atoms with Gasteiger partial charge in [-0.25, -0.2) is 0 Å². The number of ketones is 1. The van der Waals surface area contributed by atoms with Gasteiger partial charge < -0.3 is 0 Å². The van der Waals surface area contributed by atoms with Crippen molar-refractivity contribution in [1.29, 1.82) is 0 Å². The van der Waals surface area contributed by atoms with E-state index in [9.17, 15) is 4.79 Å². The predicted octanol–water partition coefficient (Wildman–Crippen LogP) is 1.45. The SMILES string of the molecule is Cc1cccc(C)c1C(=O)C[NH+]1C=CC=CC1. The molecule has 1 aliphatic heterocycles. The number of carbonyl (C=O) groups is 1. The number of allylic oxidation sites excluding steroid dienone is 2. The molecule has 1 unspecified atom stereocenters. The van der Waals surface area contributed by atoms with Crippen LogP contribution in [0.25, 0.3) is 0 Å². The van der Waals surface area contributed by atoms with Crippen molar-refractivity contribution < 1.29 is 9.69 Å². The van der Waals surface area contributed by atoms with Crippen LogP contribution in [0, 0.1) is 13.8 Å². The van der Waals surface area contributed by atoms with E-state index in [1.54, 1.807) is 0 Å². The molecule has 1 aliphatic rings. The molecule has 2 nitrogen and oxygen atoms in total. The molecule has 1 N–H and O–H groups in total. The quantitative estimate of drug-likeness (QED) is 0.777. The van der Waals surface area contributed by atoms with Gasteiger partial charge in [-0.2, -0.15) is 0 Å². The molecule has 2 heteroatoms. The molecule has 0 aromatic heterocycles. The van der Waals surface area contributed by atoms with E-state index in [1.165, 1.54) is 4.90 Å². The Labute approximate surface area is 102 Å². The van der Waals surface area contributed by atoms with Crippen molar-refractivity contribution in [2.75, 3.05) is 13.1 Å². The van der Waals surface area contributed by atoms with Crippen LogP contribution in [-0.4, -0.2) is 18.9 Å². The van der Waals surface area contributed by atoms with Gasteiger partial charge in [0.1, 0.15) is 13.1 Å². The zero-order valence-corrected chi connectivity index (χ0v) is 10.4. The van der Waals surface area contributed by atoms with Crippen LogP contribution in [-0.2, 0) is 0 Å². The topological polar surface area (TPSA) is 21.5 Å². The average molecular weight is 228 g/mol. The van der Waals surface area contributed by atoms with Crippen LogP contribution in [0.4, 0.5) is 0 Å². The molecule has 0 saturated carbocycles. The summed E-state index contributed by atoms with van der Waals surface area (Å²) in [4.78, 5) is 13.5. The number of Topliss-reactive ketones (excluding diaryl/α,β-unsaturated/α-hetero) is 1. The lowest BCUT2D eigenvalue weighted by Gasteiger charge is -2.15. The molecule has 17 heavy (non-hydrogen) atoms. The molecule has 0 spiro atoms. The Bertz CT molecular complexity index is 465. The number of carbonyl (C=O) groups excluding carboxylic acids is 1. The molecule has 0 fully saturated rings. The first-order chi connectivity index (χ1) is 8.18. The monoisotopic (exact) mass is 228 g/mol. The van der Waals surface area contributed by atoms with Gasteiger partial charge >= 0.3 is 0 Å². The summed E-state index contributed by atoms with van der Waals surface area (Å²) >= 11 is 0. The van der Waals surface area contributed by atoms with E-state index < -0.39 is 0 Å². The van der Waals surface area contributed by atoms with Crippen molar-refractivity contribution in [1.82, 2.24) is 0 Å². The molecule has 1 heterocycles. The van der Waals surface area contributed by atoms with E-state index >= 15 is 0 Å². The molecule has 0 radical (unpaired) electrons. The first-order valence-corrected chi connectivity index (χ1v) is 5.96. The lowest BCUT2D eigenvalue weighted by Crippen LogP contribution is -3.08. The number of nitrogens with one attached hydrogen (secondary N) is 1. The Morgan fingerprint density at radius 1 is 1.24 bits per heavy atom. The Hall–Kier alpha value is -1.67. The van der Waals surface area contributed by atoms with Gasteiger partial charge in [0.05, 0.1) is 6.20 Å². The maximum Gasteiger partial charge on any atom is 0.217 e. The van der Waals surface area contributed by atoms with Crippen LogP contribution in [0.2, 0.25) is 0 Å². The number of benzene rings is 1. The van der Waals surface area contributed by atoms with Crippen molar-refractivity contribution in [3.05, 3.63) is 59.3 Å². The minimum absolute atomic E-state index is 0.232. The predicted molar refractivity (Wildman–Crippen MR) is 69.2 cm³/mol. The summed E-state index contributed by atoms with van der Waals surface area (Å²) in [7, 11) is 0. The van der Waals surface area contributed by atoms with E-state index in [4.69, 9.17) is 0 Å². The van der Waals surface area contributed by atoms with Crippen LogP contribution < -0.4 is 4.90 Å². The number of aryl methyl sites for hydroxylation is 2. The Morgan fingerprint density at radius 2 is 1.94 bits per heavy atom. The van der Waals surface area contributed by atoms with Gasteiger partial charge in [-0.05, 0) is 37.1 Å². The number of hydrogen-bond donors (Lipinski definition) is 1. The molecule has 0 bridgehead atoms. The fourth-order valence-electron chi connectivity index (χ4n) is 2.24. The minimum Gasteiger partial charge on any atom is -0.299 e. The normalized spacial score (nSPS) is 18.4. The number of rotatable bonds is 3. The largest absolute Gasteiger partial charge is 0.299 e. The summed E-state index contributed by atoms with van der Waals surface area (Å²) in [5.74, 6) is 0.232. The standard InChI is InChI=1S/C15H17NO/c1-12-7-6-8-13(2)15(12)14(17)11-16-9-4-3-5-10-16/h3-9H,10-11H2,1-2H3/p+1. The van der Waals surface area contributed by atoms with Crippen molar-refractivity contribution in [3.63, 3.8) is 0 Å². The van der Waals surface area contributed by atoms with Crippen LogP contribution in [0.5, 0.6) is 0 Å². The van der Waals surface area contributed by atoms with Gasteiger partial charge in [0.15, 0.2) is 0 Å². The fourth-order valence-corrected chi connectivity index (χ4v) is 2.24. The first-order valence-electron chi connectivity index (χ1n) is 5.96. The third-order valence-corrected chi connectivity index (χ3v) is 3.11. The summed E-state index contributed by atoms with van der Waals surface area (Å²) in [6.45, 7) is 5.43. The second kappa shape index (κ2) is 5.11. The van der Waals surface area contributed by atoms with Gasteiger partial charge in [-0.1, -0.05) is 24.3 Å². The summed E-state index contributed by atoms with van der Waals surface area (Å²) in [5.41, 5.74) is 3.04. The average Bonchev–Trinajstić information content (AvgIpc) is 2.30. The summed E-state index contributed by atoms with van der Waals surface area (Å²) < 4.78 is 0. The van der Waals surface area contributed by atoms with Crippen molar-refractivity contribution >= 4 is 5.78 Å². The minimum atomic E-state index is 0.232. The summed E-state index contributed by atoms with van der Waals surface area (Å²) in [6, 6.07) is 6.00. The Kier molecular flexibility index (Phi) is 3.55. The van der Waals surface area contributed by atoms with Crippen molar-refractivity contribution in [2.24, 2.45) is 0 Å². The van der Waals surface area contributed by atoms with Gasteiger partial charge in [-0.3, -0.25) is 9.69 Å². The maximum absolute atomic E-state index is 12.3. The molecular weight excluding hydrogens is 210 g/mol. The third kappa shape index (κ3) is 2.71. The van der Waals surface area contributed by atoms with E-state index in [1.807, 2.05) is 50.4 Å². The highest BCUT2D eigenvalue weighted by atomic mass is 16.1. The van der Waals surface area contributed by atoms with E-state index in [-0.39, 0.29) is 5.78 Å². The van der Waals surface area contributed by atoms with Crippen molar-refractivity contribution in [2.45, 2.75) is 13.8 Å². The number of hydrogen-bond acceptors (Lipinski definition) is 1. The van der Waals surface area contributed by atoms with Crippen LogP contribution in [0.15, 0.2) is 42.6 Å². The lowest BCUT2D eigenvalue weighted by atomic mass is 9.99. The molecular formula is C15H18NO+. The highest BCUT2D eigenvalue weighted by Crippen LogP contribution is 2.13. The van der Waals surface area contributed by atoms with Gasteiger partial charge in [0, 0.05) is 5.56 Å². The second-order valence-electron chi connectivity index (χ2n) is 4.52. The molecule has 88 valence electrons. The molecule has 2 rings (SSSR count).